The SMILES string of the molecule is CCC(C)(C)c1ccc(COc2ccc(CCS)cc2)cc1. The number of hydrogen-bond donors (Lipinski definition) is 1. The molecule has 118 valence electrons. The van der Waals surface area contributed by atoms with Gasteiger partial charge in [-0.25, -0.2) is 0 Å². The van der Waals surface area contributed by atoms with Gasteiger partial charge in [0.15, 0.2) is 0 Å². The summed E-state index contributed by atoms with van der Waals surface area (Å²) in [5.41, 5.74) is 4.13. The number of hydrogen-bond acceptors (Lipinski definition) is 2. The van der Waals surface area contributed by atoms with Gasteiger partial charge in [0, 0.05) is 0 Å². The van der Waals surface area contributed by atoms with Crippen molar-refractivity contribution in [3.63, 3.8) is 0 Å². The Balaban J connectivity index is 1.94. The molecule has 0 atom stereocenters. The van der Waals surface area contributed by atoms with E-state index in [2.05, 4.69) is 69.8 Å². The summed E-state index contributed by atoms with van der Waals surface area (Å²) in [6.45, 7) is 7.41. The second-order valence-electron chi connectivity index (χ2n) is 6.34. The molecular formula is C20H26OS. The lowest BCUT2D eigenvalue weighted by Crippen LogP contribution is -2.15. The zero-order chi connectivity index (χ0) is 16.0. The number of aryl methyl sites for hydroxylation is 1. The maximum atomic E-state index is 5.86. The molecule has 0 heterocycles. The number of ether oxygens (including phenoxy) is 1. The van der Waals surface area contributed by atoms with E-state index in [-0.39, 0.29) is 5.41 Å². The largest absolute Gasteiger partial charge is 0.489 e. The molecule has 0 amide bonds. The van der Waals surface area contributed by atoms with Gasteiger partial charge in [-0.15, -0.1) is 0 Å². The minimum Gasteiger partial charge on any atom is -0.489 e. The van der Waals surface area contributed by atoms with Crippen molar-refractivity contribution in [1.82, 2.24) is 0 Å². The highest BCUT2D eigenvalue weighted by molar-refractivity contribution is 7.80. The summed E-state index contributed by atoms with van der Waals surface area (Å²) in [6.07, 6.45) is 2.14. The first kappa shape index (κ1) is 17.0. The van der Waals surface area contributed by atoms with Crippen LogP contribution in [-0.4, -0.2) is 5.75 Å². The fourth-order valence-corrected chi connectivity index (χ4v) is 2.56. The highest BCUT2D eigenvalue weighted by atomic mass is 32.1. The third-order valence-electron chi connectivity index (χ3n) is 4.35. The third-order valence-corrected chi connectivity index (χ3v) is 4.57. The van der Waals surface area contributed by atoms with E-state index in [1.54, 1.807) is 0 Å². The van der Waals surface area contributed by atoms with Gasteiger partial charge in [-0.2, -0.15) is 12.6 Å². The molecule has 0 fully saturated rings. The van der Waals surface area contributed by atoms with Crippen LogP contribution in [-0.2, 0) is 18.4 Å². The van der Waals surface area contributed by atoms with Crippen LogP contribution < -0.4 is 4.74 Å². The predicted molar refractivity (Wildman–Crippen MR) is 98.1 cm³/mol. The number of benzene rings is 2. The fraction of sp³-hybridized carbons (Fsp3) is 0.400. The Morgan fingerprint density at radius 2 is 1.50 bits per heavy atom. The Morgan fingerprint density at radius 3 is 2.05 bits per heavy atom. The first-order valence-corrected chi connectivity index (χ1v) is 8.60. The minimum atomic E-state index is 0.238. The standard InChI is InChI=1S/C20H26OS/c1-4-20(2,3)18-9-5-17(6-10-18)15-21-19-11-7-16(8-12-19)13-14-22/h5-12,22H,4,13-15H2,1-3H3. The van der Waals surface area contributed by atoms with E-state index in [0.29, 0.717) is 6.61 Å². The van der Waals surface area contributed by atoms with Gasteiger partial charge in [0.2, 0.25) is 0 Å². The fourth-order valence-electron chi connectivity index (χ4n) is 2.30. The second kappa shape index (κ2) is 7.73. The second-order valence-corrected chi connectivity index (χ2v) is 6.79. The molecule has 2 aromatic rings. The Kier molecular flexibility index (Phi) is 5.96. The van der Waals surface area contributed by atoms with Crippen molar-refractivity contribution >= 4 is 12.6 Å². The maximum absolute atomic E-state index is 5.86. The van der Waals surface area contributed by atoms with Gasteiger partial charge in [0.1, 0.15) is 12.4 Å². The van der Waals surface area contributed by atoms with Gasteiger partial charge in [-0.3, -0.25) is 0 Å². The zero-order valence-corrected chi connectivity index (χ0v) is 14.7. The Bertz CT molecular complexity index is 570. The van der Waals surface area contributed by atoms with E-state index < -0.39 is 0 Å². The monoisotopic (exact) mass is 314 g/mol. The molecule has 0 saturated heterocycles. The summed E-state index contributed by atoms with van der Waals surface area (Å²) < 4.78 is 5.86. The molecule has 0 aliphatic rings. The highest BCUT2D eigenvalue weighted by Crippen LogP contribution is 2.26. The lowest BCUT2D eigenvalue weighted by atomic mass is 9.82. The molecule has 0 saturated carbocycles. The van der Waals surface area contributed by atoms with Crippen molar-refractivity contribution in [3.05, 3.63) is 65.2 Å². The van der Waals surface area contributed by atoms with Gasteiger partial charge < -0.3 is 4.74 Å². The quantitative estimate of drug-likeness (QED) is 0.671. The van der Waals surface area contributed by atoms with Crippen molar-refractivity contribution in [2.24, 2.45) is 0 Å². The zero-order valence-electron chi connectivity index (χ0n) is 13.8. The number of thiol groups is 1. The Hall–Kier alpha value is -1.41. The van der Waals surface area contributed by atoms with Gasteiger partial charge in [0.25, 0.3) is 0 Å². The molecule has 0 aromatic heterocycles. The van der Waals surface area contributed by atoms with Crippen LogP contribution in [0.25, 0.3) is 0 Å². The van der Waals surface area contributed by atoms with Crippen LogP contribution in [0.1, 0.15) is 43.9 Å². The topological polar surface area (TPSA) is 9.23 Å². The molecule has 0 spiro atoms. The van der Waals surface area contributed by atoms with Crippen LogP contribution in [0.3, 0.4) is 0 Å². The van der Waals surface area contributed by atoms with E-state index in [1.165, 1.54) is 16.7 Å². The molecule has 0 unspecified atom stereocenters. The van der Waals surface area contributed by atoms with E-state index in [4.69, 9.17) is 4.74 Å². The predicted octanol–water partition coefficient (Wildman–Crippen LogP) is 5.43. The molecule has 1 nitrogen and oxygen atoms in total. The summed E-state index contributed by atoms with van der Waals surface area (Å²) in [6, 6.07) is 17.1. The van der Waals surface area contributed by atoms with Gasteiger partial charge in [0.05, 0.1) is 0 Å². The van der Waals surface area contributed by atoms with Crippen LogP contribution in [0.4, 0.5) is 0 Å². The van der Waals surface area contributed by atoms with E-state index >= 15 is 0 Å². The van der Waals surface area contributed by atoms with Crippen molar-refractivity contribution in [1.29, 1.82) is 0 Å². The third kappa shape index (κ3) is 4.54. The molecule has 2 aromatic carbocycles. The van der Waals surface area contributed by atoms with Crippen LogP contribution >= 0.6 is 12.6 Å². The minimum absolute atomic E-state index is 0.238. The maximum Gasteiger partial charge on any atom is 0.119 e. The molecule has 0 radical (unpaired) electrons. The Morgan fingerprint density at radius 1 is 0.909 bits per heavy atom. The van der Waals surface area contributed by atoms with E-state index in [9.17, 15) is 0 Å². The average molecular weight is 314 g/mol. The van der Waals surface area contributed by atoms with Crippen molar-refractivity contribution < 1.29 is 4.74 Å². The van der Waals surface area contributed by atoms with Gasteiger partial charge in [-0.05, 0) is 52.8 Å². The lowest BCUT2D eigenvalue weighted by Gasteiger charge is -2.23. The lowest BCUT2D eigenvalue weighted by molar-refractivity contribution is 0.306. The van der Waals surface area contributed by atoms with Gasteiger partial charge in [-0.1, -0.05) is 57.2 Å². The summed E-state index contributed by atoms with van der Waals surface area (Å²) in [7, 11) is 0. The van der Waals surface area contributed by atoms with Crippen LogP contribution in [0.15, 0.2) is 48.5 Å². The molecule has 2 heteroatoms. The van der Waals surface area contributed by atoms with Crippen LogP contribution in [0, 0.1) is 0 Å². The van der Waals surface area contributed by atoms with Gasteiger partial charge >= 0.3 is 0 Å². The smallest absolute Gasteiger partial charge is 0.119 e. The normalized spacial score (nSPS) is 11.5. The van der Waals surface area contributed by atoms with Crippen molar-refractivity contribution in [3.8, 4) is 5.75 Å². The first-order chi connectivity index (χ1) is 10.5. The number of rotatable bonds is 7. The highest BCUT2D eigenvalue weighted by Gasteiger charge is 2.17. The summed E-state index contributed by atoms with van der Waals surface area (Å²) in [4.78, 5) is 0. The molecule has 0 aliphatic heterocycles. The van der Waals surface area contributed by atoms with Crippen molar-refractivity contribution in [2.75, 3.05) is 5.75 Å². The van der Waals surface area contributed by atoms with E-state index in [1.807, 2.05) is 12.1 Å². The molecule has 22 heavy (non-hydrogen) atoms. The van der Waals surface area contributed by atoms with Crippen molar-refractivity contribution in [2.45, 2.75) is 45.6 Å². The van der Waals surface area contributed by atoms with E-state index in [0.717, 1.165) is 24.3 Å². The average Bonchev–Trinajstić information content (AvgIpc) is 2.55. The molecular weight excluding hydrogens is 288 g/mol. The Labute approximate surface area is 140 Å². The molecule has 0 aliphatic carbocycles. The summed E-state index contributed by atoms with van der Waals surface area (Å²) in [5, 5.41) is 0. The first-order valence-electron chi connectivity index (χ1n) is 7.97. The summed E-state index contributed by atoms with van der Waals surface area (Å²) in [5.74, 6) is 1.79. The molecule has 0 bridgehead atoms. The summed E-state index contributed by atoms with van der Waals surface area (Å²) >= 11 is 4.25. The van der Waals surface area contributed by atoms with Crippen LogP contribution in [0.2, 0.25) is 0 Å². The molecule has 0 N–H and O–H groups in total. The van der Waals surface area contributed by atoms with Crippen LogP contribution in [0.5, 0.6) is 5.75 Å². The molecule has 2 rings (SSSR count).